The summed E-state index contributed by atoms with van der Waals surface area (Å²) in [4.78, 5) is 25.4. The number of rotatable bonds is 8. The first-order chi connectivity index (χ1) is 20.6. The maximum absolute atomic E-state index is 14.0. The summed E-state index contributed by atoms with van der Waals surface area (Å²) in [5, 5.41) is 22.6. The molecule has 0 bridgehead atoms. The number of carbonyl (C=O) groups excluding carboxylic acids is 2. The molecule has 9 nitrogen and oxygen atoms in total. The molecule has 1 aliphatic rings. The molecule has 1 unspecified atom stereocenters. The monoisotopic (exact) mass is 610 g/mol. The van der Waals surface area contributed by atoms with Crippen LogP contribution in [0, 0.1) is 26.2 Å². The summed E-state index contributed by atoms with van der Waals surface area (Å²) < 4.78 is 53.6. The summed E-state index contributed by atoms with van der Waals surface area (Å²) in [6, 6.07) is 9.88. The van der Waals surface area contributed by atoms with Crippen molar-refractivity contribution >= 4 is 35.1 Å². The van der Waals surface area contributed by atoms with Crippen LogP contribution in [0.2, 0.25) is 0 Å². The molecule has 1 aliphatic heterocycles. The van der Waals surface area contributed by atoms with Gasteiger partial charge in [0, 0.05) is 29.4 Å². The normalized spacial score (nSPS) is 16.3. The maximum atomic E-state index is 14.0. The molecule has 232 valence electrons. The molecule has 1 heterocycles. The number of hydrogen-bond acceptors (Lipinski definition) is 6. The zero-order chi connectivity index (χ0) is 32.4. The van der Waals surface area contributed by atoms with Gasteiger partial charge in [-0.3, -0.25) is 15.0 Å². The number of ether oxygens (including phenoxy) is 2. The van der Waals surface area contributed by atoms with E-state index >= 15 is 0 Å². The van der Waals surface area contributed by atoms with Crippen LogP contribution in [0.5, 0.6) is 17.2 Å². The molecule has 0 fully saturated rings. The minimum absolute atomic E-state index is 0.0315. The van der Waals surface area contributed by atoms with Crippen LogP contribution >= 0.6 is 0 Å². The number of nitrogens with one attached hydrogen (secondary N) is 3. The van der Waals surface area contributed by atoms with Crippen molar-refractivity contribution in [3.05, 3.63) is 81.9 Å². The number of Topliss-reactive ketones (excluding diaryl/α,β-unsaturated/α-hetero) is 1. The molecule has 1 amide bonds. The topological polar surface area (TPSA) is 147 Å². The number of anilines is 2. The Balaban J connectivity index is 1.43. The highest BCUT2D eigenvalue weighted by Gasteiger charge is 2.40. The van der Waals surface area contributed by atoms with Crippen molar-refractivity contribution in [2.24, 2.45) is 5.73 Å². The van der Waals surface area contributed by atoms with Gasteiger partial charge in [-0.15, -0.1) is 0 Å². The van der Waals surface area contributed by atoms with Crippen molar-refractivity contribution in [1.29, 1.82) is 5.41 Å². The predicted molar refractivity (Wildman–Crippen MR) is 161 cm³/mol. The minimum Gasteiger partial charge on any atom is -0.507 e. The van der Waals surface area contributed by atoms with E-state index in [0.717, 1.165) is 12.1 Å². The van der Waals surface area contributed by atoms with Crippen LogP contribution in [0.4, 0.5) is 24.5 Å². The molecule has 0 radical (unpaired) electrons. The largest absolute Gasteiger partial charge is 0.507 e. The lowest BCUT2D eigenvalue weighted by Gasteiger charge is -2.37. The highest BCUT2D eigenvalue weighted by atomic mass is 19.4. The van der Waals surface area contributed by atoms with Crippen molar-refractivity contribution in [1.82, 2.24) is 0 Å². The number of alkyl halides is 3. The van der Waals surface area contributed by atoms with Crippen LogP contribution in [-0.4, -0.2) is 35.0 Å². The molecule has 3 aromatic rings. The van der Waals surface area contributed by atoms with E-state index in [1.807, 2.05) is 0 Å². The van der Waals surface area contributed by atoms with Gasteiger partial charge in [-0.1, -0.05) is 12.1 Å². The molecular formula is C32H33F3N4O5. The molecule has 4 rings (SSSR count). The van der Waals surface area contributed by atoms with Crippen molar-refractivity contribution in [3.8, 4) is 17.2 Å². The zero-order valence-corrected chi connectivity index (χ0v) is 24.6. The minimum atomic E-state index is -4.77. The number of fused-ring (bicyclic) bond motifs is 1. The van der Waals surface area contributed by atoms with Crippen LogP contribution in [0.15, 0.2) is 48.5 Å². The SMILES string of the molecule is Cc1c(C)c2c(c(C)c1O)C(=O)CC(C)(CCOc1ccc(NC(=O)C=Cc3ccc(NC(=N)N)cc3)cc1C(F)(F)F)O2. The molecule has 0 aliphatic carbocycles. The van der Waals surface area contributed by atoms with Crippen LogP contribution in [0.25, 0.3) is 6.08 Å². The Hall–Kier alpha value is -5.00. The Labute approximate surface area is 252 Å². The third kappa shape index (κ3) is 7.13. The molecule has 1 atom stereocenters. The number of amides is 1. The summed E-state index contributed by atoms with van der Waals surface area (Å²) in [6.07, 6.45) is -2.02. The Morgan fingerprint density at radius 1 is 1.09 bits per heavy atom. The third-order valence-electron chi connectivity index (χ3n) is 7.44. The van der Waals surface area contributed by atoms with Gasteiger partial charge in [-0.05, 0) is 80.8 Å². The van der Waals surface area contributed by atoms with Gasteiger partial charge in [0.1, 0.15) is 22.8 Å². The first-order valence-electron chi connectivity index (χ1n) is 13.7. The second-order valence-corrected chi connectivity index (χ2v) is 10.9. The lowest BCUT2D eigenvalue weighted by Crippen LogP contribution is -2.41. The van der Waals surface area contributed by atoms with E-state index in [1.54, 1.807) is 52.0 Å². The van der Waals surface area contributed by atoms with Gasteiger partial charge in [-0.25, -0.2) is 0 Å². The van der Waals surface area contributed by atoms with E-state index in [0.29, 0.717) is 39.3 Å². The smallest absolute Gasteiger partial charge is 0.420 e. The quantitative estimate of drug-likeness (QED) is 0.111. The lowest BCUT2D eigenvalue weighted by molar-refractivity contribution is -0.139. The number of phenols is 1. The molecule has 12 heteroatoms. The Bertz CT molecular complexity index is 1650. The van der Waals surface area contributed by atoms with Gasteiger partial charge in [0.25, 0.3) is 0 Å². The van der Waals surface area contributed by atoms with E-state index in [2.05, 4.69) is 10.6 Å². The van der Waals surface area contributed by atoms with Gasteiger partial charge >= 0.3 is 6.18 Å². The van der Waals surface area contributed by atoms with Gasteiger partial charge < -0.3 is 30.9 Å². The van der Waals surface area contributed by atoms with Crippen molar-refractivity contribution in [2.75, 3.05) is 17.2 Å². The fraction of sp³-hybridized carbons (Fsp3) is 0.281. The van der Waals surface area contributed by atoms with E-state index in [1.165, 1.54) is 18.2 Å². The Morgan fingerprint density at radius 2 is 1.75 bits per heavy atom. The van der Waals surface area contributed by atoms with Crippen LogP contribution < -0.4 is 25.8 Å². The lowest BCUT2D eigenvalue weighted by atomic mass is 9.85. The van der Waals surface area contributed by atoms with E-state index in [4.69, 9.17) is 20.6 Å². The molecule has 3 aromatic carbocycles. The number of benzene rings is 3. The van der Waals surface area contributed by atoms with Gasteiger partial charge in [0.15, 0.2) is 11.7 Å². The third-order valence-corrected chi connectivity index (χ3v) is 7.44. The highest BCUT2D eigenvalue weighted by Crippen LogP contribution is 2.44. The number of halogens is 3. The fourth-order valence-electron chi connectivity index (χ4n) is 4.94. The number of hydrogen-bond donors (Lipinski definition) is 5. The number of nitrogens with two attached hydrogens (primary N) is 1. The molecule has 0 saturated heterocycles. The van der Waals surface area contributed by atoms with Crippen LogP contribution in [0.3, 0.4) is 0 Å². The zero-order valence-electron chi connectivity index (χ0n) is 24.6. The number of guanidine groups is 1. The second kappa shape index (κ2) is 12.3. The Kier molecular flexibility index (Phi) is 8.93. The van der Waals surface area contributed by atoms with Crippen LogP contribution in [-0.2, 0) is 11.0 Å². The molecule has 0 aromatic heterocycles. The van der Waals surface area contributed by atoms with Crippen molar-refractivity contribution < 1.29 is 37.3 Å². The maximum Gasteiger partial charge on any atom is 0.420 e. The average molecular weight is 611 g/mol. The van der Waals surface area contributed by atoms with Crippen molar-refractivity contribution in [3.63, 3.8) is 0 Å². The molecule has 6 N–H and O–H groups in total. The highest BCUT2D eigenvalue weighted by molar-refractivity contribution is 6.03. The molecule has 0 saturated carbocycles. The van der Waals surface area contributed by atoms with E-state index in [9.17, 15) is 27.9 Å². The number of carbonyl (C=O) groups is 2. The van der Waals surface area contributed by atoms with E-state index in [-0.39, 0.29) is 42.6 Å². The summed E-state index contributed by atoms with van der Waals surface area (Å²) in [5.74, 6) is -1.11. The summed E-state index contributed by atoms with van der Waals surface area (Å²) in [5.41, 5.74) is 6.29. The summed E-state index contributed by atoms with van der Waals surface area (Å²) in [7, 11) is 0. The second-order valence-electron chi connectivity index (χ2n) is 10.9. The average Bonchev–Trinajstić information content (AvgIpc) is 2.94. The number of aromatic hydroxyl groups is 1. The summed E-state index contributed by atoms with van der Waals surface area (Å²) in [6.45, 7) is 6.62. The van der Waals surface area contributed by atoms with Crippen LogP contribution in [0.1, 0.15) is 57.9 Å². The summed E-state index contributed by atoms with van der Waals surface area (Å²) >= 11 is 0. The molecule has 44 heavy (non-hydrogen) atoms. The first kappa shape index (κ1) is 31.9. The molecular weight excluding hydrogens is 577 g/mol. The van der Waals surface area contributed by atoms with E-state index < -0.39 is 29.0 Å². The number of phenolic OH excluding ortho intramolecular Hbond substituents is 1. The fourth-order valence-corrected chi connectivity index (χ4v) is 4.94. The standard InChI is InChI=1S/C32H33F3N4O5/c1-17-18(2)29-27(19(3)28(17)42)24(40)16-31(4,44-29)13-14-43-25-11-10-22(15-23(25)32(33,34)35)38-26(41)12-7-20-5-8-21(9-6-20)39-30(36)37/h5-12,15,42H,13-14,16H2,1-4H3,(H,38,41)(H4,36,37,39). The Morgan fingerprint density at radius 3 is 2.39 bits per heavy atom. The number of ketones is 1. The van der Waals surface area contributed by atoms with Gasteiger partial charge in [-0.2, -0.15) is 13.2 Å². The predicted octanol–water partition coefficient (Wildman–Crippen LogP) is 6.49. The first-order valence-corrected chi connectivity index (χ1v) is 13.7. The van der Waals surface area contributed by atoms with Gasteiger partial charge in [0.05, 0.1) is 24.2 Å². The molecule has 0 spiro atoms. The van der Waals surface area contributed by atoms with Crippen molar-refractivity contribution in [2.45, 2.75) is 52.3 Å². The van der Waals surface area contributed by atoms with Gasteiger partial charge in [0.2, 0.25) is 5.91 Å².